The minimum absolute atomic E-state index is 0.0687. The van der Waals surface area contributed by atoms with Crippen LogP contribution < -0.4 is 4.90 Å². The van der Waals surface area contributed by atoms with Gasteiger partial charge in [-0.1, -0.05) is 39.7 Å². The lowest BCUT2D eigenvalue weighted by Gasteiger charge is -2.38. The standard InChI is InChI=1S/C20H21BrClNO2/c1-20(2,3)25-19(24)23-17(13-4-8-16(22)9-5-13)10-6-14-12-15(21)7-11-18(14)23/h4-5,7-9,11-12,17H,6,10H2,1-3H3. The van der Waals surface area contributed by atoms with Crippen LogP contribution in [0.3, 0.4) is 0 Å². The molecule has 3 nitrogen and oxygen atoms in total. The van der Waals surface area contributed by atoms with Gasteiger partial charge < -0.3 is 4.74 Å². The van der Waals surface area contributed by atoms with Gasteiger partial charge in [0.05, 0.1) is 11.7 Å². The molecule has 1 aliphatic rings. The summed E-state index contributed by atoms with van der Waals surface area (Å²) >= 11 is 9.54. The van der Waals surface area contributed by atoms with Crippen LogP contribution in [0.1, 0.15) is 44.4 Å². The summed E-state index contributed by atoms with van der Waals surface area (Å²) in [6, 6.07) is 13.6. The smallest absolute Gasteiger partial charge is 0.415 e. The minimum atomic E-state index is -0.547. The monoisotopic (exact) mass is 421 g/mol. The highest BCUT2D eigenvalue weighted by Gasteiger charge is 2.35. The molecule has 0 saturated heterocycles. The molecule has 25 heavy (non-hydrogen) atoms. The number of carbonyl (C=O) groups excluding carboxylic acids is 1. The molecule has 2 aromatic carbocycles. The number of hydrogen-bond acceptors (Lipinski definition) is 2. The number of hydrogen-bond donors (Lipinski definition) is 0. The number of benzene rings is 2. The lowest BCUT2D eigenvalue weighted by atomic mass is 9.91. The third-order valence-corrected chi connectivity index (χ3v) is 4.89. The zero-order chi connectivity index (χ0) is 18.2. The average molecular weight is 423 g/mol. The molecule has 0 bridgehead atoms. The van der Waals surface area contributed by atoms with Gasteiger partial charge in [-0.2, -0.15) is 0 Å². The number of fused-ring (bicyclic) bond motifs is 1. The Morgan fingerprint density at radius 1 is 1.20 bits per heavy atom. The Labute approximate surface area is 162 Å². The van der Waals surface area contributed by atoms with Gasteiger partial charge in [0, 0.05) is 9.50 Å². The Morgan fingerprint density at radius 2 is 1.88 bits per heavy atom. The summed E-state index contributed by atoms with van der Waals surface area (Å²) in [6.45, 7) is 5.65. The van der Waals surface area contributed by atoms with Crippen molar-refractivity contribution in [2.24, 2.45) is 0 Å². The number of ether oxygens (including phenoxy) is 1. The Hall–Kier alpha value is -1.52. The van der Waals surface area contributed by atoms with Gasteiger partial charge >= 0.3 is 6.09 Å². The van der Waals surface area contributed by atoms with E-state index < -0.39 is 5.60 Å². The first kappa shape index (κ1) is 18.3. The summed E-state index contributed by atoms with van der Waals surface area (Å²) in [4.78, 5) is 14.8. The van der Waals surface area contributed by atoms with Crippen molar-refractivity contribution < 1.29 is 9.53 Å². The highest BCUT2D eigenvalue weighted by atomic mass is 79.9. The summed E-state index contributed by atoms with van der Waals surface area (Å²) in [5.41, 5.74) is 2.56. The van der Waals surface area contributed by atoms with Crippen molar-refractivity contribution in [1.82, 2.24) is 0 Å². The molecule has 0 saturated carbocycles. The summed E-state index contributed by atoms with van der Waals surface area (Å²) < 4.78 is 6.70. The SMILES string of the molecule is CC(C)(C)OC(=O)N1c2ccc(Br)cc2CCC1c1ccc(Cl)cc1. The van der Waals surface area contributed by atoms with Gasteiger partial charge in [-0.3, -0.25) is 4.90 Å². The van der Waals surface area contributed by atoms with Gasteiger partial charge in [-0.25, -0.2) is 4.79 Å². The Morgan fingerprint density at radius 3 is 2.52 bits per heavy atom. The number of halogens is 2. The van der Waals surface area contributed by atoms with E-state index in [1.165, 1.54) is 0 Å². The summed E-state index contributed by atoms with van der Waals surface area (Å²) in [5.74, 6) is 0. The van der Waals surface area contributed by atoms with Crippen LogP contribution in [0.15, 0.2) is 46.9 Å². The fourth-order valence-corrected chi connectivity index (χ4v) is 3.65. The van der Waals surface area contributed by atoms with Crippen molar-refractivity contribution in [3.8, 4) is 0 Å². The average Bonchev–Trinajstić information content (AvgIpc) is 2.52. The molecule has 1 unspecified atom stereocenters. The number of anilines is 1. The molecule has 0 spiro atoms. The van der Waals surface area contributed by atoms with Gasteiger partial charge in [0.15, 0.2) is 0 Å². The van der Waals surface area contributed by atoms with Gasteiger partial charge in [-0.05, 0) is 75.1 Å². The second-order valence-corrected chi connectivity index (χ2v) is 8.58. The lowest BCUT2D eigenvalue weighted by Crippen LogP contribution is -2.41. The van der Waals surface area contributed by atoms with Crippen LogP contribution in [0.4, 0.5) is 10.5 Å². The molecule has 0 fully saturated rings. The van der Waals surface area contributed by atoms with E-state index in [9.17, 15) is 4.79 Å². The van der Waals surface area contributed by atoms with Crippen LogP contribution in [-0.4, -0.2) is 11.7 Å². The number of rotatable bonds is 1. The third-order valence-electron chi connectivity index (χ3n) is 4.14. The van der Waals surface area contributed by atoms with Crippen LogP contribution in [0.2, 0.25) is 5.02 Å². The van der Waals surface area contributed by atoms with Crippen molar-refractivity contribution in [1.29, 1.82) is 0 Å². The Balaban J connectivity index is 2.04. The molecule has 0 radical (unpaired) electrons. The Kier molecular flexibility index (Phi) is 5.12. The molecular weight excluding hydrogens is 402 g/mol. The molecule has 1 heterocycles. The number of carbonyl (C=O) groups is 1. The lowest BCUT2D eigenvalue weighted by molar-refractivity contribution is 0.0560. The van der Waals surface area contributed by atoms with Crippen molar-refractivity contribution in [2.45, 2.75) is 45.3 Å². The van der Waals surface area contributed by atoms with E-state index in [1.54, 1.807) is 4.90 Å². The van der Waals surface area contributed by atoms with Crippen molar-refractivity contribution >= 4 is 39.3 Å². The maximum atomic E-state index is 13.0. The predicted molar refractivity (Wildman–Crippen MR) is 105 cm³/mol. The van der Waals surface area contributed by atoms with E-state index in [0.29, 0.717) is 5.02 Å². The summed E-state index contributed by atoms with van der Waals surface area (Å²) in [6.07, 6.45) is 1.42. The molecule has 1 atom stereocenters. The summed E-state index contributed by atoms with van der Waals surface area (Å²) in [5, 5.41) is 0.688. The molecular formula is C20H21BrClNO2. The first-order chi connectivity index (χ1) is 11.7. The zero-order valence-electron chi connectivity index (χ0n) is 14.6. The third kappa shape index (κ3) is 4.18. The number of amides is 1. The van der Waals surface area contributed by atoms with Crippen LogP contribution in [-0.2, 0) is 11.2 Å². The normalized spacial score (nSPS) is 17.2. The second kappa shape index (κ2) is 7.00. The molecule has 5 heteroatoms. The molecule has 0 aromatic heterocycles. The topological polar surface area (TPSA) is 29.5 Å². The highest BCUT2D eigenvalue weighted by Crippen LogP contribution is 2.40. The fraction of sp³-hybridized carbons (Fsp3) is 0.350. The molecule has 0 N–H and O–H groups in total. The number of aryl methyl sites for hydroxylation is 1. The van der Waals surface area contributed by atoms with E-state index in [2.05, 4.69) is 22.0 Å². The minimum Gasteiger partial charge on any atom is -0.443 e. The summed E-state index contributed by atoms with van der Waals surface area (Å²) in [7, 11) is 0. The van der Waals surface area contributed by atoms with E-state index in [1.807, 2.05) is 57.2 Å². The van der Waals surface area contributed by atoms with Gasteiger partial charge in [0.25, 0.3) is 0 Å². The van der Waals surface area contributed by atoms with Crippen LogP contribution in [0.25, 0.3) is 0 Å². The highest BCUT2D eigenvalue weighted by molar-refractivity contribution is 9.10. The van der Waals surface area contributed by atoms with E-state index in [-0.39, 0.29) is 12.1 Å². The van der Waals surface area contributed by atoms with E-state index in [4.69, 9.17) is 16.3 Å². The second-order valence-electron chi connectivity index (χ2n) is 7.23. The first-order valence-electron chi connectivity index (χ1n) is 8.31. The van der Waals surface area contributed by atoms with Crippen molar-refractivity contribution in [3.05, 3.63) is 63.1 Å². The maximum Gasteiger partial charge on any atom is 0.415 e. The first-order valence-corrected chi connectivity index (χ1v) is 9.48. The van der Waals surface area contributed by atoms with Crippen LogP contribution >= 0.6 is 27.5 Å². The van der Waals surface area contributed by atoms with Crippen molar-refractivity contribution in [2.75, 3.05) is 4.90 Å². The number of nitrogens with zero attached hydrogens (tertiary/aromatic N) is 1. The molecule has 1 amide bonds. The van der Waals surface area contributed by atoms with E-state index in [0.717, 1.165) is 34.1 Å². The zero-order valence-corrected chi connectivity index (χ0v) is 16.9. The maximum absolute atomic E-state index is 13.0. The van der Waals surface area contributed by atoms with Crippen LogP contribution in [0, 0.1) is 0 Å². The molecule has 3 rings (SSSR count). The van der Waals surface area contributed by atoms with Crippen LogP contribution in [0.5, 0.6) is 0 Å². The van der Waals surface area contributed by atoms with Gasteiger partial charge in [0.1, 0.15) is 5.60 Å². The molecule has 1 aliphatic heterocycles. The van der Waals surface area contributed by atoms with Crippen molar-refractivity contribution in [3.63, 3.8) is 0 Å². The molecule has 0 aliphatic carbocycles. The van der Waals surface area contributed by atoms with E-state index >= 15 is 0 Å². The molecule has 2 aromatic rings. The van der Waals surface area contributed by atoms with Gasteiger partial charge in [0.2, 0.25) is 0 Å². The largest absolute Gasteiger partial charge is 0.443 e. The Bertz CT molecular complexity index is 783. The molecule has 132 valence electrons. The fourth-order valence-electron chi connectivity index (χ4n) is 3.12. The predicted octanol–water partition coefficient (Wildman–Crippen LogP) is 6.53. The quantitative estimate of drug-likeness (QED) is 0.523. The van der Waals surface area contributed by atoms with Gasteiger partial charge in [-0.15, -0.1) is 0 Å².